The van der Waals surface area contributed by atoms with Crippen molar-refractivity contribution in [1.29, 1.82) is 0 Å². The molecule has 0 saturated carbocycles. The van der Waals surface area contributed by atoms with Gasteiger partial charge in [-0.15, -0.1) is 0 Å². The fourth-order valence-electron chi connectivity index (χ4n) is 1.04. The predicted octanol–water partition coefficient (Wildman–Crippen LogP) is 2.46. The average Bonchev–Trinajstić information content (AvgIpc) is 2.56. The maximum Gasteiger partial charge on any atom is 0.132 e. The first-order valence-corrected chi connectivity index (χ1v) is 5.44. The smallest absolute Gasteiger partial charge is 0.132 e. The fraction of sp³-hybridized carbons (Fsp3) is 0.556. The van der Waals surface area contributed by atoms with Gasteiger partial charge in [0, 0.05) is 0 Å². The summed E-state index contributed by atoms with van der Waals surface area (Å²) in [6, 6.07) is 3.61. The van der Waals surface area contributed by atoms with Crippen molar-refractivity contribution in [2.24, 2.45) is 0 Å². The van der Waals surface area contributed by atoms with Gasteiger partial charge in [-0.25, -0.2) is 0 Å². The standard InChI is InChI=1S/C9H14O2S/c1-12-7-3-4-8(10)9-5-2-6-11-9/h2,5-6,8,10H,3-4,7H2,1H3. The Morgan fingerprint density at radius 3 is 3.08 bits per heavy atom. The fourth-order valence-corrected chi connectivity index (χ4v) is 1.50. The summed E-state index contributed by atoms with van der Waals surface area (Å²) in [5.74, 6) is 1.77. The molecule has 0 aliphatic heterocycles. The van der Waals surface area contributed by atoms with Gasteiger partial charge in [-0.05, 0) is 37.0 Å². The van der Waals surface area contributed by atoms with Gasteiger partial charge < -0.3 is 9.52 Å². The zero-order valence-electron chi connectivity index (χ0n) is 7.19. The molecule has 1 N–H and O–H groups in total. The van der Waals surface area contributed by atoms with Gasteiger partial charge in [0.15, 0.2) is 0 Å². The molecule has 1 unspecified atom stereocenters. The molecule has 0 aliphatic rings. The van der Waals surface area contributed by atoms with Gasteiger partial charge in [-0.2, -0.15) is 11.8 Å². The topological polar surface area (TPSA) is 33.4 Å². The highest BCUT2D eigenvalue weighted by molar-refractivity contribution is 7.98. The summed E-state index contributed by atoms with van der Waals surface area (Å²) in [6.45, 7) is 0. The van der Waals surface area contributed by atoms with Gasteiger partial charge in [0.05, 0.1) is 6.26 Å². The lowest BCUT2D eigenvalue weighted by Crippen LogP contribution is -1.95. The van der Waals surface area contributed by atoms with E-state index in [-0.39, 0.29) is 0 Å². The molecule has 1 rings (SSSR count). The highest BCUT2D eigenvalue weighted by Gasteiger charge is 2.08. The Morgan fingerprint density at radius 1 is 1.67 bits per heavy atom. The number of thioether (sulfide) groups is 1. The second-order valence-electron chi connectivity index (χ2n) is 2.67. The van der Waals surface area contributed by atoms with Crippen LogP contribution in [0.3, 0.4) is 0 Å². The van der Waals surface area contributed by atoms with Crippen LogP contribution in [-0.2, 0) is 0 Å². The highest BCUT2D eigenvalue weighted by Crippen LogP contribution is 2.18. The van der Waals surface area contributed by atoms with Crippen LogP contribution in [0.2, 0.25) is 0 Å². The van der Waals surface area contributed by atoms with Crippen LogP contribution in [0.1, 0.15) is 24.7 Å². The zero-order valence-corrected chi connectivity index (χ0v) is 8.01. The van der Waals surface area contributed by atoms with Crippen molar-refractivity contribution in [2.75, 3.05) is 12.0 Å². The number of rotatable bonds is 5. The molecule has 1 heterocycles. The highest BCUT2D eigenvalue weighted by atomic mass is 32.2. The second-order valence-corrected chi connectivity index (χ2v) is 3.65. The minimum atomic E-state index is -0.424. The summed E-state index contributed by atoms with van der Waals surface area (Å²) in [5, 5.41) is 9.53. The summed E-state index contributed by atoms with van der Waals surface area (Å²) in [5.41, 5.74) is 0. The van der Waals surface area contributed by atoms with E-state index >= 15 is 0 Å². The molecule has 0 radical (unpaired) electrons. The summed E-state index contributed by atoms with van der Waals surface area (Å²) < 4.78 is 5.07. The largest absolute Gasteiger partial charge is 0.467 e. The molecule has 0 fully saturated rings. The summed E-state index contributed by atoms with van der Waals surface area (Å²) in [6.07, 6.45) is 5.05. The van der Waals surface area contributed by atoms with E-state index in [4.69, 9.17) is 4.42 Å². The number of hydrogen-bond donors (Lipinski definition) is 1. The molecule has 0 saturated heterocycles. The summed E-state index contributed by atoms with van der Waals surface area (Å²) in [4.78, 5) is 0. The van der Waals surface area contributed by atoms with Gasteiger partial charge in [-0.3, -0.25) is 0 Å². The molecule has 12 heavy (non-hydrogen) atoms. The van der Waals surface area contributed by atoms with E-state index in [1.165, 1.54) is 0 Å². The SMILES string of the molecule is CSCCCC(O)c1ccco1. The Labute approximate surface area is 77.0 Å². The van der Waals surface area contributed by atoms with Crippen LogP contribution in [0.5, 0.6) is 0 Å². The third-order valence-corrected chi connectivity index (χ3v) is 2.39. The van der Waals surface area contributed by atoms with Gasteiger partial charge in [0.1, 0.15) is 11.9 Å². The lowest BCUT2D eigenvalue weighted by Gasteiger charge is -2.05. The molecule has 0 amide bonds. The van der Waals surface area contributed by atoms with Gasteiger partial charge >= 0.3 is 0 Å². The van der Waals surface area contributed by atoms with Crippen molar-refractivity contribution in [3.8, 4) is 0 Å². The molecule has 0 bridgehead atoms. The maximum atomic E-state index is 9.53. The van der Waals surface area contributed by atoms with E-state index in [0.717, 1.165) is 18.6 Å². The molecule has 0 spiro atoms. The molecule has 1 atom stereocenters. The van der Waals surface area contributed by atoms with E-state index in [1.807, 2.05) is 6.07 Å². The van der Waals surface area contributed by atoms with E-state index in [0.29, 0.717) is 5.76 Å². The van der Waals surface area contributed by atoms with Crippen LogP contribution in [0, 0.1) is 0 Å². The Kier molecular flexibility index (Phi) is 4.25. The van der Waals surface area contributed by atoms with Gasteiger partial charge in [-0.1, -0.05) is 0 Å². The number of aliphatic hydroxyl groups excluding tert-OH is 1. The summed E-state index contributed by atoms with van der Waals surface area (Å²) in [7, 11) is 0. The third kappa shape index (κ3) is 2.91. The first kappa shape index (κ1) is 9.68. The molecular weight excluding hydrogens is 172 g/mol. The van der Waals surface area contributed by atoms with Gasteiger partial charge in [0.25, 0.3) is 0 Å². The first-order chi connectivity index (χ1) is 5.84. The number of furan rings is 1. The maximum absolute atomic E-state index is 9.53. The van der Waals surface area contributed by atoms with Crippen molar-refractivity contribution in [1.82, 2.24) is 0 Å². The van der Waals surface area contributed by atoms with Crippen molar-refractivity contribution in [2.45, 2.75) is 18.9 Å². The van der Waals surface area contributed by atoms with Crippen LogP contribution in [-0.4, -0.2) is 17.1 Å². The minimum Gasteiger partial charge on any atom is -0.467 e. The quantitative estimate of drug-likeness (QED) is 0.717. The average molecular weight is 186 g/mol. The van der Waals surface area contributed by atoms with Crippen LogP contribution in [0.4, 0.5) is 0 Å². The van der Waals surface area contributed by atoms with Crippen molar-refractivity contribution >= 4 is 11.8 Å². The molecule has 68 valence electrons. The van der Waals surface area contributed by atoms with E-state index < -0.39 is 6.10 Å². The van der Waals surface area contributed by atoms with E-state index in [9.17, 15) is 5.11 Å². The first-order valence-electron chi connectivity index (χ1n) is 4.05. The molecule has 0 aromatic carbocycles. The zero-order chi connectivity index (χ0) is 8.81. The van der Waals surface area contributed by atoms with E-state index in [2.05, 4.69) is 6.26 Å². The van der Waals surface area contributed by atoms with Crippen molar-refractivity contribution < 1.29 is 9.52 Å². The Morgan fingerprint density at radius 2 is 2.50 bits per heavy atom. The van der Waals surface area contributed by atoms with Crippen molar-refractivity contribution in [3.63, 3.8) is 0 Å². The lowest BCUT2D eigenvalue weighted by atomic mass is 10.2. The Bertz CT molecular complexity index is 196. The van der Waals surface area contributed by atoms with Crippen LogP contribution >= 0.6 is 11.8 Å². The normalized spacial score (nSPS) is 13.2. The second kappa shape index (κ2) is 5.27. The third-order valence-electron chi connectivity index (χ3n) is 1.70. The minimum absolute atomic E-state index is 0.424. The van der Waals surface area contributed by atoms with Crippen LogP contribution < -0.4 is 0 Å². The summed E-state index contributed by atoms with van der Waals surface area (Å²) >= 11 is 1.80. The Hall–Kier alpha value is -0.410. The lowest BCUT2D eigenvalue weighted by molar-refractivity contribution is 0.139. The van der Waals surface area contributed by atoms with E-state index in [1.54, 1.807) is 24.1 Å². The Balaban J connectivity index is 2.25. The van der Waals surface area contributed by atoms with Crippen LogP contribution in [0.15, 0.2) is 22.8 Å². The van der Waals surface area contributed by atoms with Crippen molar-refractivity contribution in [3.05, 3.63) is 24.2 Å². The number of aliphatic hydroxyl groups is 1. The molecule has 1 aromatic heterocycles. The molecule has 1 aromatic rings. The van der Waals surface area contributed by atoms with Gasteiger partial charge in [0.2, 0.25) is 0 Å². The molecular formula is C9H14O2S. The van der Waals surface area contributed by atoms with Crippen LogP contribution in [0.25, 0.3) is 0 Å². The molecule has 3 heteroatoms. The predicted molar refractivity (Wildman–Crippen MR) is 51.3 cm³/mol. The monoisotopic (exact) mass is 186 g/mol. The molecule has 0 aliphatic carbocycles. The molecule has 2 nitrogen and oxygen atoms in total. The number of hydrogen-bond acceptors (Lipinski definition) is 3.